The molecule has 1 amide bonds. The second kappa shape index (κ2) is 9.67. The van der Waals surface area contributed by atoms with Crippen molar-refractivity contribution in [1.82, 2.24) is 24.8 Å². The summed E-state index contributed by atoms with van der Waals surface area (Å²) in [6.45, 7) is 6.14. The van der Waals surface area contributed by atoms with Gasteiger partial charge in [0.05, 0.1) is 12.2 Å². The number of fused-ring (bicyclic) bond motifs is 1. The number of carbonyl (C=O) groups excluding carboxylic acids is 1. The molecule has 0 spiro atoms. The summed E-state index contributed by atoms with van der Waals surface area (Å²) in [5.41, 5.74) is 1.28. The topological polar surface area (TPSA) is 91.4 Å². The van der Waals surface area contributed by atoms with Gasteiger partial charge >= 0.3 is 0 Å². The van der Waals surface area contributed by atoms with Crippen LogP contribution in [0.25, 0.3) is 21.7 Å². The lowest BCUT2D eigenvalue weighted by Gasteiger charge is -2.38. The number of hydrogen-bond acceptors (Lipinski definition) is 7. The first-order chi connectivity index (χ1) is 15.1. The minimum absolute atomic E-state index is 0.0605. The highest BCUT2D eigenvalue weighted by Crippen LogP contribution is 2.26. The molecule has 1 fully saturated rings. The number of ether oxygens (including phenoxy) is 1. The van der Waals surface area contributed by atoms with Gasteiger partial charge in [0.2, 0.25) is 0 Å². The number of amides is 1. The summed E-state index contributed by atoms with van der Waals surface area (Å²) in [5.74, 6) is 0.315. The normalized spacial score (nSPS) is 15.1. The maximum Gasteiger partial charge on any atom is 0.269 e. The number of carbonyl (C=O) groups is 1. The largest absolute Gasteiger partial charge is 0.383 e. The Labute approximate surface area is 184 Å². The number of aromatic nitrogens is 3. The molecule has 3 aromatic rings. The van der Waals surface area contributed by atoms with Crippen LogP contribution in [0.1, 0.15) is 30.1 Å². The first-order valence-electron chi connectivity index (χ1n) is 10.6. The summed E-state index contributed by atoms with van der Waals surface area (Å²) < 4.78 is 5.69. The number of thiophene rings is 1. The van der Waals surface area contributed by atoms with Gasteiger partial charge in [-0.2, -0.15) is 0 Å². The third kappa shape index (κ3) is 4.53. The van der Waals surface area contributed by atoms with Crippen molar-refractivity contribution in [2.75, 3.05) is 39.9 Å². The van der Waals surface area contributed by atoms with Gasteiger partial charge in [0.25, 0.3) is 11.5 Å². The monoisotopic (exact) mass is 441 g/mol. The first kappa shape index (κ1) is 21.6. The Hall–Kier alpha value is -2.62. The van der Waals surface area contributed by atoms with E-state index in [4.69, 9.17) is 4.74 Å². The maximum atomic E-state index is 13.3. The number of hydrogen-bond donors (Lipinski definition) is 1. The van der Waals surface area contributed by atoms with Crippen LogP contribution >= 0.6 is 11.3 Å². The molecule has 0 atom stereocenters. The Morgan fingerprint density at radius 1 is 1.35 bits per heavy atom. The van der Waals surface area contributed by atoms with Crippen LogP contribution in [0.3, 0.4) is 0 Å². The highest BCUT2D eigenvalue weighted by molar-refractivity contribution is 7.17. The highest BCUT2D eigenvalue weighted by atomic mass is 32.1. The number of nitrogens with one attached hydrogen (secondary N) is 1. The summed E-state index contributed by atoms with van der Waals surface area (Å²) in [7, 11) is 1.72. The van der Waals surface area contributed by atoms with E-state index in [2.05, 4.69) is 26.8 Å². The van der Waals surface area contributed by atoms with Crippen LogP contribution < -0.4 is 5.56 Å². The number of piperidine rings is 1. The van der Waals surface area contributed by atoms with Crippen molar-refractivity contribution >= 4 is 27.5 Å². The molecule has 8 nitrogen and oxygen atoms in total. The molecule has 0 unspecified atom stereocenters. The lowest BCUT2D eigenvalue weighted by atomic mass is 10.0. The summed E-state index contributed by atoms with van der Waals surface area (Å²) in [5, 5.41) is 1.75. The number of aromatic amines is 1. The van der Waals surface area contributed by atoms with E-state index in [1.165, 1.54) is 11.3 Å². The molecule has 0 bridgehead atoms. The van der Waals surface area contributed by atoms with Crippen molar-refractivity contribution < 1.29 is 9.53 Å². The smallest absolute Gasteiger partial charge is 0.269 e. The number of likely N-dealkylation sites (N-methyl/N-ethyl adjacent to an activating group) is 1. The quantitative estimate of drug-likeness (QED) is 0.606. The van der Waals surface area contributed by atoms with Gasteiger partial charge in [-0.05, 0) is 31.5 Å². The van der Waals surface area contributed by atoms with Crippen LogP contribution in [-0.2, 0) is 4.74 Å². The van der Waals surface area contributed by atoms with E-state index in [0.717, 1.165) is 25.9 Å². The molecular formula is C22H27N5O3S. The number of methoxy groups -OCH3 is 1. The van der Waals surface area contributed by atoms with Crippen LogP contribution in [0.15, 0.2) is 34.6 Å². The van der Waals surface area contributed by atoms with Gasteiger partial charge in [-0.15, -0.1) is 11.3 Å². The van der Waals surface area contributed by atoms with E-state index in [-0.39, 0.29) is 11.5 Å². The summed E-state index contributed by atoms with van der Waals surface area (Å²) >= 11 is 1.26. The number of likely N-dealkylation sites (tertiary alicyclic amines) is 1. The fourth-order valence-corrected chi connectivity index (χ4v) is 4.99. The molecular weight excluding hydrogens is 414 g/mol. The zero-order valence-electron chi connectivity index (χ0n) is 17.8. The average molecular weight is 442 g/mol. The molecule has 4 rings (SSSR count). The highest BCUT2D eigenvalue weighted by Gasteiger charge is 2.28. The van der Waals surface area contributed by atoms with Crippen LogP contribution in [0, 0.1) is 0 Å². The second-order valence-electron chi connectivity index (χ2n) is 7.60. The fraction of sp³-hybridized carbons (Fsp3) is 0.455. The predicted molar refractivity (Wildman–Crippen MR) is 122 cm³/mol. The molecule has 1 saturated heterocycles. The van der Waals surface area contributed by atoms with Gasteiger partial charge in [0, 0.05) is 44.4 Å². The van der Waals surface area contributed by atoms with Gasteiger partial charge in [-0.3, -0.25) is 19.5 Å². The van der Waals surface area contributed by atoms with E-state index in [1.54, 1.807) is 30.8 Å². The number of nitrogens with zero attached hydrogens (tertiary/aromatic N) is 4. The average Bonchev–Trinajstić information content (AvgIpc) is 3.25. The summed E-state index contributed by atoms with van der Waals surface area (Å²) in [4.78, 5) is 41.8. The standard InChI is InChI=1S/C22H27N5O3S/c1-3-26(12-13-30-2)15-7-10-27(11-8-15)22(29)16-14-31-19-18(16)24-20(25-21(19)28)17-6-4-5-9-23-17/h4-6,9,14-15H,3,7-8,10-13H2,1-2H3,(H,24,25,28). The van der Waals surface area contributed by atoms with Crippen molar-refractivity contribution in [3.05, 3.63) is 45.7 Å². The second-order valence-corrected chi connectivity index (χ2v) is 8.48. The number of pyridine rings is 1. The van der Waals surface area contributed by atoms with Gasteiger partial charge in [-0.1, -0.05) is 13.0 Å². The van der Waals surface area contributed by atoms with Crippen molar-refractivity contribution in [2.45, 2.75) is 25.8 Å². The zero-order chi connectivity index (χ0) is 21.8. The zero-order valence-corrected chi connectivity index (χ0v) is 18.7. The fourth-order valence-electron chi connectivity index (χ4n) is 4.12. The molecule has 1 aliphatic heterocycles. The van der Waals surface area contributed by atoms with Crippen molar-refractivity contribution in [2.24, 2.45) is 0 Å². The van der Waals surface area contributed by atoms with Crippen molar-refractivity contribution in [1.29, 1.82) is 0 Å². The predicted octanol–water partition coefficient (Wildman–Crippen LogP) is 2.62. The van der Waals surface area contributed by atoms with Crippen molar-refractivity contribution in [3.63, 3.8) is 0 Å². The van der Waals surface area contributed by atoms with Crippen LogP contribution in [0.4, 0.5) is 0 Å². The molecule has 1 aliphatic rings. The Bertz CT molecular complexity index is 1090. The molecule has 0 aromatic carbocycles. The molecule has 3 aromatic heterocycles. The lowest BCUT2D eigenvalue weighted by molar-refractivity contribution is 0.0578. The molecule has 164 valence electrons. The third-order valence-electron chi connectivity index (χ3n) is 5.82. The van der Waals surface area contributed by atoms with Gasteiger partial charge in [-0.25, -0.2) is 4.98 Å². The SMILES string of the molecule is CCN(CCOC)C1CCN(C(=O)c2csc3c(=O)[nH]c(-c4ccccn4)nc23)CC1. The maximum absolute atomic E-state index is 13.3. The molecule has 31 heavy (non-hydrogen) atoms. The van der Waals surface area contributed by atoms with Crippen molar-refractivity contribution in [3.8, 4) is 11.5 Å². The first-order valence-corrected chi connectivity index (χ1v) is 11.5. The molecule has 0 aliphatic carbocycles. The molecule has 9 heteroatoms. The minimum Gasteiger partial charge on any atom is -0.383 e. The summed E-state index contributed by atoms with van der Waals surface area (Å²) in [6.07, 6.45) is 3.51. The van der Waals surface area contributed by atoms with Crippen LogP contribution in [0.5, 0.6) is 0 Å². The Balaban J connectivity index is 1.54. The summed E-state index contributed by atoms with van der Waals surface area (Å²) in [6, 6.07) is 5.88. The van der Waals surface area contributed by atoms with Crippen LogP contribution in [0.2, 0.25) is 0 Å². The van der Waals surface area contributed by atoms with Gasteiger partial charge in [0.15, 0.2) is 5.82 Å². The Kier molecular flexibility index (Phi) is 6.74. The molecule has 0 saturated carbocycles. The van der Waals surface area contributed by atoms with Crippen LogP contribution in [-0.4, -0.2) is 76.6 Å². The minimum atomic E-state index is -0.245. The number of rotatable bonds is 7. The molecule has 4 heterocycles. The van der Waals surface area contributed by atoms with E-state index in [1.807, 2.05) is 11.0 Å². The molecule has 1 N–H and O–H groups in total. The third-order valence-corrected chi connectivity index (χ3v) is 6.79. The van der Waals surface area contributed by atoms with Gasteiger partial charge in [0.1, 0.15) is 15.9 Å². The van der Waals surface area contributed by atoms with E-state index >= 15 is 0 Å². The molecule has 0 radical (unpaired) electrons. The van der Waals surface area contributed by atoms with Gasteiger partial charge < -0.3 is 14.6 Å². The lowest BCUT2D eigenvalue weighted by Crippen LogP contribution is -2.47. The Morgan fingerprint density at radius 2 is 2.16 bits per heavy atom. The number of H-pyrrole nitrogens is 1. The Morgan fingerprint density at radius 3 is 2.84 bits per heavy atom. The van der Waals surface area contributed by atoms with E-state index in [0.29, 0.717) is 53.0 Å². The van der Waals surface area contributed by atoms with E-state index < -0.39 is 0 Å². The van der Waals surface area contributed by atoms with E-state index in [9.17, 15) is 9.59 Å².